The Labute approximate surface area is 116 Å². The first-order valence-corrected chi connectivity index (χ1v) is 7.07. The summed E-state index contributed by atoms with van der Waals surface area (Å²) in [4.78, 5) is 14.4. The first-order chi connectivity index (χ1) is 9.01. The van der Waals surface area contributed by atoms with Gasteiger partial charge < -0.3 is 10.2 Å². The van der Waals surface area contributed by atoms with Crippen molar-refractivity contribution in [2.75, 3.05) is 13.6 Å². The number of amides is 1. The second kappa shape index (κ2) is 5.74. The lowest BCUT2D eigenvalue weighted by Gasteiger charge is -2.36. The van der Waals surface area contributed by atoms with Gasteiger partial charge in [0.25, 0.3) is 0 Å². The molecule has 1 unspecified atom stereocenters. The molecule has 104 valence electrons. The highest BCUT2D eigenvalue weighted by Crippen LogP contribution is 2.21. The molecule has 0 aliphatic carbocycles. The van der Waals surface area contributed by atoms with Crippen LogP contribution in [-0.4, -0.2) is 29.9 Å². The van der Waals surface area contributed by atoms with Gasteiger partial charge in [0.1, 0.15) is 0 Å². The average molecular weight is 260 g/mol. The second-order valence-electron chi connectivity index (χ2n) is 5.87. The number of nitrogens with one attached hydrogen (secondary N) is 1. The van der Waals surface area contributed by atoms with Crippen molar-refractivity contribution < 1.29 is 4.79 Å². The highest BCUT2D eigenvalue weighted by molar-refractivity contribution is 5.85. The summed E-state index contributed by atoms with van der Waals surface area (Å²) in [6, 6.07) is 8.34. The standard InChI is InChI=1S/C16H24N2O/c1-13-7-6-8-14(11-13)12-18(3)15(19)16(2)9-4-5-10-17-16/h6-8,11,17H,4-5,9-10,12H2,1-3H3. The predicted molar refractivity (Wildman–Crippen MR) is 77.9 cm³/mol. The maximum Gasteiger partial charge on any atom is 0.242 e. The summed E-state index contributed by atoms with van der Waals surface area (Å²) < 4.78 is 0. The molecule has 1 saturated heterocycles. The van der Waals surface area contributed by atoms with Gasteiger partial charge >= 0.3 is 0 Å². The molecule has 1 aliphatic heterocycles. The normalized spacial score (nSPS) is 23.1. The molecule has 2 rings (SSSR count). The van der Waals surface area contributed by atoms with Crippen molar-refractivity contribution in [1.29, 1.82) is 0 Å². The molecule has 1 heterocycles. The monoisotopic (exact) mass is 260 g/mol. The number of benzene rings is 1. The quantitative estimate of drug-likeness (QED) is 0.905. The van der Waals surface area contributed by atoms with Crippen LogP contribution in [0, 0.1) is 6.92 Å². The molecule has 1 amide bonds. The van der Waals surface area contributed by atoms with Crippen LogP contribution in [0.2, 0.25) is 0 Å². The van der Waals surface area contributed by atoms with Gasteiger partial charge in [-0.3, -0.25) is 4.79 Å². The molecule has 1 aliphatic rings. The maximum atomic E-state index is 12.6. The fraction of sp³-hybridized carbons (Fsp3) is 0.562. The van der Waals surface area contributed by atoms with Gasteiger partial charge in [-0.2, -0.15) is 0 Å². The van der Waals surface area contributed by atoms with Crippen LogP contribution in [0.1, 0.15) is 37.3 Å². The Balaban J connectivity index is 2.03. The lowest BCUT2D eigenvalue weighted by Crippen LogP contribution is -2.57. The number of aryl methyl sites for hydroxylation is 1. The van der Waals surface area contributed by atoms with E-state index in [-0.39, 0.29) is 11.4 Å². The average Bonchev–Trinajstić information content (AvgIpc) is 2.38. The van der Waals surface area contributed by atoms with Crippen molar-refractivity contribution in [3.63, 3.8) is 0 Å². The van der Waals surface area contributed by atoms with E-state index in [2.05, 4.69) is 30.4 Å². The van der Waals surface area contributed by atoms with Crippen LogP contribution in [-0.2, 0) is 11.3 Å². The van der Waals surface area contributed by atoms with Crippen LogP contribution >= 0.6 is 0 Å². The zero-order chi connectivity index (χ0) is 13.9. The molecule has 3 heteroatoms. The van der Waals surface area contributed by atoms with Crippen LogP contribution in [0.4, 0.5) is 0 Å². The van der Waals surface area contributed by atoms with Crippen LogP contribution in [0.3, 0.4) is 0 Å². The Morgan fingerprint density at radius 2 is 2.21 bits per heavy atom. The smallest absolute Gasteiger partial charge is 0.242 e. The third kappa shape index (κ3) is 3.35. The van der Waals surface area contributed by atoms with Gasteiger partial charge in [-0.05, 0) is 45.2 Å². The van der Waals surface area contributed by atoms with Gasteiger partial charge in [-0.15, -0.1) is 0 Å². The molecule has 3 nitrogen and oxygen atoms in total. The number of nitrogens with zero attached hydrogens (tertiary/aromatic N) is 1. The maximum absolute atomic E-state index is 12.6. The largest absolute Gasteiger partial charge is 0.340 e. The van der Waals surface area contributed by atoms with Gasteiger partial charge in [-0.1, -0.05) is 29.8 Å². The number of carbonyl (C=O) groups excluding carboxylic acids is 1. The summed E-state index contributed by atoms with van der Waals surface area (Å²) in [6.07, 6.45) is 3.24. The van der Waals surface area contributed by atoms with E-state index in [1.54, 1.807) is 0 Å². The van der Waals surface area contributed by atoms with E-state index in [0.29, 0.717) is 6.54 Å². The molecule has 1 atom stereocenters. The summed E-state index contributed by atoms with van der Waals surface area (Å²) in [7, 11) is 1.90. The van der Waals surface area contributed by atoms with Crippen LogP contribution in [0.25, 0.3) is 0 Å². The van der Waals surface area contributed by atoms with Crippen LogP contribution < -0.4 is 5.32 Å². The van der Waals surface area contributed by atoms with Crippen molar-refractivity contribution in [2.45, 2.75) is 45.2 Å². The van der Waals surface area contributed by atoms with Gasteiger partial charge in [0.2, 0.25) is 5.91 Å². The Morgan fingerprint density at radius 3 is 2.84 bits per heavy atom. The summed E-state index contributed by atoms with van der Waals surface area (Å²) in [5.74, 6) is 0.203. The fourth-order valence-electron chi connectivity index (χ4n) is 2.82. The van der Waals surface area contributed by atoms with Crippen molar-refractivity contribution in [3.05, 3.63) is 35.4 Å². The SMILES string of the molecule is Cc1cccc(CN(C)C(=O)C2(C)CCCCN2)c1. The molecule has 0 spiro atoms. The molecule has 0 bridgehead atoms. The van der Waals surface area contributed by atoms with Crippen LogP contribution in [0.15, 0.2) is 24.3 Å². The van der Waals surface area contributed by atoms with E-state index in [1.165, 1.54) is 17.5 Å². The van der Waals surface area contributed by atoms with E-state index in [9.17, 15) is 4.79 Å². The topological polar surface area (TPSA) is 32.3 Å². The van der Waals surface area contributed by atoms with Crippen LogP contribution in [0.5, 0.6) is 0 Å². The minimum absolute atomic E-state index is 0.203. The van der Waals surface area contributed by atoms with Crippen molar-refractivity contribution >= 4 is 5.91 Å². The Hall–Kier alpha value is -1.35. The first-order valence-electron chi connectivity index (χ1n) is 7.07. The fourth-order valence-corrected chi connectivity index (χ4v) is 2.82. The highest BCUT2D eigenvalue weighted by atomic mass is 16.2. The number of piperidine rings is 1. The van der Waals surface area contributed by atoms with E-state index in [1.807, 2.05) is 24.9 Å². The van der Waals surface area contributed by atoms with Crippen molar-refractivity contribution in [1.82, 2.24) is 10.2 Å². The summed E-state index contributed by atoms with van der Waals surface area (Å²) in [6.45, 7) is 5.73. The minimum atomic E-state index is -0.378. The van der Waals surface area contributed by atoms with E-state index >= 15 is 0 Å². The molecule has 19 heavy (non-hydrogen) atoms. The number of rotatable bonds is 3. The molecule has 0 saturated carbocycles. The van der Waals surface area contributed by atoms with E-state index in [4.69, 9.17) is 0 Å². The van der Waals surface area contributed by atoms with E-state index < -0.39 is 0 Å². The summed E-state index contributed by atoms with van der Waals surface area (Å²) >= 11 is 0. The van der Waals surface area contributed by atoms with Crippen molar-refractivity contribution in [2.24, 2.45) is 0 Å². The molecule has 1 aromatic rings. The van der Waals surface area contributed by atoms with Gasteiger partial charge in [0, 0.05) is 13.6 Å². The van der Waals surface area contributed by atoms with Gasteiger partial charge in [-0.25, -0.2) is 0 Å². The highest BCUT2D eigenvalue weighted by Gasteiger charge is 2.36. The molecular formula is C16H24N2O. The number of hydrogen-bond donors (Lipinski definition) is 1. The second-order valence-corrected chi connectivity index (χ2v) is 5.87. The number of carbonyl (C=O) groups is 1. The first kappa shape index (κ1) is 14.1. The Bertz CT molecular complexity index is 450. The minimum Gasteiger partial charge on any atom is -0.340 e. The molecule has 0 aromatic heterocycles. The summed E-state index contributed by atoms with van der Waals surface area (Å²) in [5.41, 5.74) is 2.05. The third-order valence-corrected chi connectivity index (χ3v) is 3.94. The molecule has 1 fully saturated rings. The zero-order valence-electron chi connectivity index (χ0n) is 12.2. The zero-order valence-corrected chi connectivity index (χ0v) is 12.2. The van der Waals surface area contributed by atoms with Gasteiger partial charge in [0.15, 0.2) is 0 Å². The summed E-state index contributed by atoms with van der Waals surface area (Å²) in [5, 5.41) is 3.38. The lowest BCUT2D eigenvalue weighted by atomic mass is 9.89. The van der Waals surface area contributed by atoms with E-state index in [0.717, 1.165) is 19.4 Å². The predicted octanol–water partition coefficient (Wildman–Crippen LogP) is 2.49. The Morgan fingerprint density at radius 1 is 1.42 bits per heavy atom. The lowest BCUT2D eigenvalue weighted by molar-refractivity contribution is -0.137. The van der Waals surface area contributed by atoms with Crippen molar-refractivity contribution in [3.8, 4) is 0 Å². The Kier molecular flexibility index (Phi) is 4.25. The third-order valence-electron chi connectivity index (χ3n) is 3.94. The molecule has 0 radical (unpaired) electrons. The molecular weight excluding hydrogens is 236 g/mol. The number of likely N-dealkylation sites (N-methyl/N-ethyl adjacent to an activating group) is 1. The van der Waals surface area contributed by atoms with Gasteiger partial charge in [0.05, 0.1) is 5.54 Å². The molecule has 1 N–H and O–H groups in total. The number of hydrogen-bond acceptors (Lipinski definition) is 2. The molecule has 1 aromatic carbocycles.